The Balaban J connectivity index is 1.68. The molecular formula is C17H18F3N3O4. The molecule has 0 bridgehead atoms. The molecule has 0 radical (unpaired) electrons. The normalized spacial score (nSPS) is 19.5. The van der Waals surface area contributed by atoms with E-state index in [2.05, 4.69) is 0 Å². The minimum absolute atomic E-state index is 0.209. The molecule has 0 aliphatic carbocycles. The number of benzene rings is 1. The van der Waals surface area contributed by atoms with Gasteiger partial charge < -0.3 is 15.0 Å². The molecule has 1 saturated heterocycles. The van der Waals surface area contributed by atoms with Gasteiger partial charge in [0.05, 0.1) is 5.69 Å². The molecule has 0 spiro atoms. The topological polar surface area (TPSA) is 79.0 Å². The van der Waals surface area contributed by atoms with E-state index in [1.807, 2.05) is 5.32 Å². The van der Waals surface area contributed by atoms with Crippen molar-refractivity contribution in [2.75, 3.05) is 31.1 Å². The summed E-state index contributed by atoms with van der Waals surface area (Å²) in [5, 5.41) is 1.82. The lowest BCUT2D eigenvalue weighted by atomic mass is 10.2. The van der Waals surface area contributed by atoms with Gasteiger partial charge in [0, 0.05) is 6.54 Å². The molecule has 1 atom stereocenters. The summed E-state index contributed by atoms with van der Waals surface area (Å²) in [6.07, 6.45) is -3.74. The van der Waals surface area contributed by atoms with Crippen LogP contribution in [0.3, 0.4) is 0 Å². The monoisotopic (exact) mass is 385 g/mol. The zero-order valence-electron chi connectivity index (χ0n) is 14.3. The summed E-state index contributed by atoms with van der Waals surface area (Å²) in [6, 6.07) is 5.77. The van der Waals surface area contributed by atoms with Gasteiger partial charge in [0.1, 0.15) is 24.9 Å². The number of halogens is 3. The van der Waals surface area contributed by atoms with Crippen molar-refractivity contribution in [1.82, 2.24) is 10.2 Å². The molecule has 1 unspecified atom stereocenters. The van der Waals surface area contributed by atoms with Gasteiger partial charge in [0.2, 0.25) is 11.8 Å². The average Bonchev–Trinajstić information content (AvgIpc) is 3.11. The van der Waals surface area contributed by atoms with Crippen LogP contribution in [-0.2, 0) is 14.4 Å². The zero-order valence-corrected chi connectivity index (χ0v) is 14.3. The molecule has 7 nitrogen and oxygen atoms in total. The first kappa shape index (κ1) is 19.0. The molecule has 0 saturated carbocycles. The smallest absolute Gasteiger partial charge is 0.405 e. The van der Waals surface area contributed by atoms with Gasteiger partial charge in [0.25, 0.3) is 5.91 Å². The Labute approximate surface area is 153 Å². The number of fused-ring (bicyclic) bond motifs is 1. The lowest BCUT2D eigenvalue weighted by Crippen LogP contribution is -2.52. The molecule has 3 amide bonds. The van der Waals surface area contributed by atoms with Crippen LogP contribution in [-0.4, -0.2) is 61.1 Å². The Morgan fingerprint density at radius 1 is 1.26 bits per heavy atom. The fourth-order valence-corrected chi connectivity index (χ4v) is 3.20. The molecule has 27 heavy (non-hydrogen) atoms. The second-order valence-corrected chi connectivity index (χ2v) is 6.31. The van der Waals surface area contributed by atoms with Gasteiger partial charge in [0.15, 0.2) is 6.61 Å². The third kappa shape index (κ3) is 4.32. The Bertz CT molecular complexity index is 753. The van der Waals surface area contributed by atoms with E-state index in [-0.39, 0.29) is 26.1 Å². The molecule has 1 fully saturated rings. The summed E-state index contributed by atoms with van der Waals surface area (Å²) in [6.45, 7) is -1.70. The molecule has 2 heterocycles. The Morgan fingerprint density at radius 2 is 2.00 bits per heavy atom. The van der Waals surface area contributed by atoms with Crippen LogP contribution in [0.5, 0.6) is 5.75 Å². The van der Waals surface area contributed by atoms with E-state index in [0.29, 0.717) is 17.9 Å². The summed E-state index contributed by atoms with van der Waals surface area (Å²) in [4.78, 5) is 39.4. The van der Waals surface area contributed by atoms with Gasteiger partial charge in [-0.15, -0.1) is 0 Å². The number of amides is 3. The van der Waals surface area contributed by atoms with E-state index < -0.39 is 36.5 Å². The standard InChI is InChI=1S/C17H18F3N3O4/c18-17(19,20)10-21-16(26)12-5-3-7-22(12)14(24)8-23-11-4-1-2-6-13(11)27-9-15(23)25/h1-2,4,6,12H,3,5,7-10H2,(H,21,26). The van der Waals surface area contributed by atoms with Gasteiger partial charge in [-0.1, -0.05) is 12.1 Å². The third-order valence-electron chi connectivity index (χ3n) is 4.44. The van der Waals surface area contributed by atoms with E-state index >= 15 is 0 Å². The van der Waals surface area contributed by atoms with Gasteiger partial charge in [-0.25, -0.2) is 0 Å². The van der Waals surface area contributed by atoms with Crippen molar-refractivity contribution in [1.29, 1.82) is 0 Å². The predicted molar refractivity (Wildman–Crippen MR) is 88.1 cm³/mol. The fourth-order valence-electron chi connectivity index (χ4n) is 3.20. The second-order valence-electron chi connectivity index (χ2n) is 6.31. The lowest BCUT2D eigenvalue weighted by molar-refractivity contribution is -0.144. The molecule has 1 N–H and O–H groups in total. The highest BCUT2D eigenvalue weighted by atomic mass is 19.4. The highest BCUT2D eigenvalue weighted by molar-refractivity contribution is 6.02. The van der Waals surface area contributed by atoms with E-state index in [4.69, 9.17) is 4.74 Å². The number of rotatable bonds is 4. The molecule has 146 valence electrons. The summed E-state index contributed by atoms with van der Waals surface area (Å²) in [7, 11) is 0. The van der Waals surface area contributed by atoms with Crippen LogP contribution < -0.4 is 15.0 Å². The number of likely N-dealkylation sites (tertiary alicyclic amines) is 1. The molecule has 2 aliphatic heterocycles. The lowest BCUT2D eigenvalue weighted by Gasteiger charge is -2.31. The van der Waals surface area contributed by atoms with E-state index in [1.165, 1.54) is 9.80 Å². The van der Waals surface area contributed by atoms with Crippen LogP contribution in [0.25, 0.3) is 0 Å². The number of anilines is 1. The number of para-hydroxylation sites is 2. The Morgan fingerprint density at radius 3 is 2.74 bits per heavy atom. The van der Waals surface area contributed by atoms with Crippen molar-refractivity contribution in [2.45, 2.75) is 25.1 Å². The molecule has 2 aliphatic rings. The highest BCUT2D eigenvalue weighted by Crippen LogP contribution is 2.31. The zero-order chi connectivity index (χ0) is 19.6. The SMILES string of the molecule is O=C(NCC(F)(F)F)C1CCCN1C(=O)CN1C(=O)COc2ccccc21. The van der Waals surface area contributed by atoms with Crippen molar-refractivity contribution < 1.29 is 32.3 Å². The number of carbonyl (C=O) groups excluding carboxylic acids is 3. The Hall–Kier alpha value is -2.78. The highest BCUT2D eigenvalue weighted by Gasteiger charge is 2.38. The van der Waals surface area contributed by atoms with Gasteiger partial charge >= 0.3 is 6.18 Å². The summed E-state index contributed by atoms with van der Waals surface area (Å²) < 4.78 is 42.2. The number of nitrogens with zero attached hydrogens (tertiary/aromatic N) is 2. The molecular weight excluding hydrogens is 367 g/mol. The molecule has 3 rings (SSSR count). The van der Waals surface area contributed by atoms with Crippen molar-refractivity contribution in [2.24, 2.45) is 0 Å². The molecule has 10 heteroatoms. The van der Waals surface area contributed by atoms with Crippen molar-refractivity contribution in [3.05, 3.63) is 24.3 Å². The van der Waals surface area contributed by atoms with Crippen LogP contribution in [0, 0.1) is 0 Å². The third-order valence-corrected chi connectivity index (χ3v) is 4.44. The van der Waals surface area contributed by atoms with Crippen LogP contribution in [0.2, 0.25) is 0 Å². The van der Waals surface area contributed by atoms with Crippen LogP contribution in [0.1, 0.15) is 12.8 Å². The summed E-state index contributed by atoms with van der Waals surface area (Å²) in [5.41, 5.74) is 0.444. The maximum atomic E-state index is 12.7. The number of nitrogens with one attached hydrogen (secondary N) is 1. The number of carbonyl (C=O) groups is 3. The molecule has 1 aromatic carbocycles. The maximum Gasteiger partial charge on any atom is 0.405 e. The summed E-state index contributed by atoms with van der Waals surface area (Å²) in [5.74, 6) is -1.28. The van der Waals surface area contributed by atoms with Crippen molar-refractivity contribution >= 4 is 23.4 Å². The minimum atomic E-state index is -4.52. The van der Waals surface area contributed by atoms with Crippen LogP contribution >= 0.6 is 0 Å². The fraction of sp³-hybridized carbons (Fsp3) is 0.471. The predicted octanol–water partition coefficient (Wildman–Crippen LogP) is 1.08. The number of alkyl halides is 3. The van der Waals surface area contributed by atoms with Gasteiger partial charge in [-0.3, -0.25) is 19.3 Å². The Kier molecular flexibility index (Phi) is 5.24. The number of ether oxygens (including phenoxy) is 1. The van der Waals surface area contributed by atoms with Gasteiger partial charge in [-0.05, 0) is 25.0 Å². The van der Waals surface area contributed by atoms with E-state index in [9.17, 15) is 27.6 Å². The second kappa shape index (κ2) is 7.45. The van der Waals surface area contributed by atoms with E-state index in [1.54, 1.807) is 24.3 Å². The quantitative estimate of drug-likeness (QED) is 0.842. The van der Waals surface area contributed by atoms with Gasteiger partial charge in [-0.2, -0.15) is 13.2 Å². The van der Waals surface area contributed by atoms with Crippen LogP contribution in [0.4, 0.5) is 18.9 Å². The average molecular weight is 385 g/mol. The molecule has 0 aromatic heterocycles. The molecule has 1 aromatic rings. The largest absolute Gasteiger partial charge is 0.482 e. The van der Waals surface area contributed by atoms with Crippen molar-refractivity contribution in [3.8, 4) is 5.75 Å². The van der Waals surface area contributed by atoms with Crippen LogP contribution in [0.15, 0.2) is 24.3 Å². The first-order valence-electron chi connectivity index (χ1n) is 8.42. The number of hydrogen-bond acceptors (Lipinski definition) is 4. The number of hydrogen-bond donors (Lipinski definition) is 1. The minimum Gasteiger partial charge on any atom is -0.482 e. The summed E-state index contributed by atoms with van der Waals surface area (Å²) >= 11 is 0. The first-order chi connectivity index (χ1) is 12.8. The maximum absolute atomic E-state index is 12.7. The first-order valence-corrected chi connectivity index (χ1v) is 8.42. The van der Waals surface area contributed by atoms with Crippen molar-refractivity contribution in [3.63, 3.8) is 0 Å². The van der Waals surface area contributed by atoms with E-state index in [0.717, 1.165) is 0 Å².